The molecule has 3 nitrogen and oxygen atoms in total. The number of rotatable bonds is 5. The second-order valence-electron chi connectivity index (χ2n) is 4.08. The molecule has 0 saturated carbocycles. The minimum Gasteiger partial charge on any atom is -0.354 e. The van der Waals surface area contributed by atoms with Gasteiger partial charge in [0.05, 0.1) is 6.54 Å². The number of methoxy groups -OCH3 is 2. The van der Waals surface area contributed by atoms with Gasteiger partial charge >= 0.3 is 0 Å². The first-order valence-corrected chi connectivity index (χ1v) is 6.78. The van der Waals surface area contributed by atoms with Gasteiger partial charge in [-0.1, -0.05) is 46.3 Å². The summed E-state index contributed by atoms with van der Waals surface area (Å²) in [4.78, 5) is 4.37. The van der Waals surface area contributed by atoms with Crippen LogP contribution in [0.1, 0.15) is 5.56 Å². The van der Waals surface area contributed by atoms with Gasteiger partial charge in [-0.25, -0.2) is 0 Å². The Labute approximate surface area is 121 Å². The van der Waals surface area contributed by atoms with E-state index in [4.69, 9.17) is 9.47 Å². The van der Waals surface area contributed by atoms with Gasteiger partial charge in [-0.15, -0.1) is 0 Å². The van der Waals surface area contributed by atoms with E-state index in [-0.39, 0.29) is 6.29 Å². The number of nitrogens with zero attached hydrogens (tertiary/aromatic N) is 1. The third kappa shape index (κ3) is 3.41. The fraction of sp³-hybridized carbons (Fsp3) is 0.267. The summed E-state index contributed by atoms with van der Waals surface area (Å²) in [6, 6.07) is 12.3. The van der Waals surface area contributed by atoms with Crippen LogP contribution in [0.15, 0.2) is 45.9 Å². The molecule has 0 fully saturated rings. The molecule has 19 heavy (non-hydrogen) atoms. The molecule has 0 aliphatic heterocycles. The third-order valence-electron chi connectivity index (χ3n) is 2.92. The van der Waals surface area contributed by atoms with Gasteiger partial charge in [0.15, 0.2) is 6.29 Å². The van der Waals surface area contributed by atoms with Crippen molar-refractivity contribution in [1.29, 1.82) is 0 Å². The normalized spacial score (nSPS) is 11.8. The number of hydrogen-bond acceptors (Lipinski definition) is 3. The molecule has 0 aliphatic rings. The lowest BCUT2D eigenvalue weighted by Gasteiger charge is -2.09. The fourth-order valence-corrected chi connectivity index (χ4v) is 2.36. The summed E-state index contributed by atoms with van der Waals surface area (Å²) in [5.41, 5.74) is 1.09. The third-order valence-corrected chi connectivity index (χ3v) is 3.61. The molecule has 100 valence electrons. The van der Waals surface area contributed by atoms with Crippen molar-refractivity contribution in [2.75, 3.05) is 20.8 Å². The van der Waals surface area contributed by atoms with Crippen molar-refractivity contribution in [3.63, 3.8) is 0 Å². The number of benzene rings is 2. The average Bonchev–Trinajstić information content (AvgIpc) is 2.46. The van der Waals surface area contributed by atoms with Gasteiger partial charge in [-0.05, 0) is 16.8 Å². The lowest BCUT2D eigenvalue weighted by molar-refractivity contribution is -0.0936. The Kier molecular flexibility index (Phi) is 5.07. The summed E-state index contributed by atoms with van der Waals surface area (Å²) in [6.07, 6.45) is 1.57. The van der Waals surface area contributed by atoms with Gasteiger partial charge in [0, 0.05) is 30.5 Å². The molecule has 0 radical (unpaired) electrons. The summed E-state index contributed by atoms with van der Waals surface area (Å²) < 4.78 is 11.3. The molecule has 0 bridgehead atoms. The summed E-state index contributed by atoms with van der Waals surface area (Å²) >= 11 is 3.56. The Hall–Kier alpha value is -1.23. The summed E-state index contributed by atoms with van der Waals surface area (Å²) in [6.45, 7) is 0.484. The highest BCUT2D eigenvalue weighted by Gasteiger charge is 2.04. The zero-order valence-electron chi connectivity index (χ0n) is 11.0. The SMILES string of the molecule is COC(CN=Cc1ccc(Br)c2ccccc12)OC. The van der Waals surface area contributed by atoms with E-state index < -0.39 is 0 Å². The fourth-order valence-electron chi connectivity index (χ4n) is 1.88. The number of ether oxygens (including phenoxy) is 2. The lowest BCUT2D eigenvalue weighted by Crippen LogP contribution is -2.16. The second kappa shape index (κ2) is 6.80. The van der Waals surface area contributed by atoms with Crippen molar-refractivity contribution in [3.8, 4) is 0 Å². The van der Waals surface area contributed by atoms with E-state index >= 15 is 0 Å². The van der Waals surface area contributed by atoms with Crippen LogP contribution in [-0.2, 0) is 9.47 Å². The van der Waals surface area contributed by atoms with E-state index in [0.717, 1.165) is 10.0 Å². The molecule has 0 saturated heterocycles. The summed E-state index contributed by atoms with van der Waals surface area (Å²) in [7, 11) is 3.22. The molecule has 2 aromatic carbocycles. The molecule has 2 rings (SSSR count). The summed E-state index contributed by atoms with van der Waals surface area (Å²) in [5.74, 6) is 0. The zero-order chi connectivity index (χ0) is 13.7. The predicted octanol–water partition coefficient (Wildman–Crippen LogP) is 3.64. The summed E-state index contributed by atoms with van der Waals surface area (Å²) in [5, 5.41) is 2.36. The predicted molar refractivity (Wildman–Crippen MR) is 81.9 cm³/mol. The highest BCUT2D eigenvalue weighted by molar-refractivity contribution is 9.10. The highest BCUT2D eigenvalue weighted by atomic mass is 79.9. The van der Waals surface area contributed by atoms with E-state index in [1.54, 1.807) is 14.2 Å². The maximum atomic E-state index is 5.10. The molecular weight excluding hydrogens is 306 g/mol. The van der Waals surface area contributed by atoms with E-state index in [0.29, 0.717) is 6.54 Å². The van der Waals surface area contributed by atoms with E-state index in [1.165, 1.54) is 10.8 Å². The quantitative estimate of drug-likeness (QED) is 0.621. The monoisotopic (exact) mass is 321 g/mol. The minimum absolute atomic E-state index is 0.294. The van der Waals surface area contributed by atoms with Crippen molar-refractivity contribution in [1.82, 2.24) is 0 Å². The maximum Gasteiger partial charge on any atom is 0.176 e. The number of aliphatic imine (C=N–C) groups is 1. The molecule has 0 atom stereocenters. The Morgan fingerprint density at radius 2 is 1.79 bits per heavy atom. The largest absolute Gasteiger partial charge is 0.354 e. The first-order valence-electron chi connectivity index (χ1n) is 5.99. The maximum absolute atomic E-state index is 5.10. The molecule has 0 heterocycles. The zero-order valence-corrected chi connectivity index (χ0v) is 12.6. The minimum atomic E-state index is -0.294. The Balaban J connectivity index is 2.26. The van der Waals surface area contributed by atoms with Crippen molar-refractivity contribution < 1.29 is 9.47 Å². The molecule has 0 aliphatic carbocycles. The second-order valence-corrected chi connectivity index (χ2v) is 4.93. The molecule has 0 unspecified atom stereocenters. The van der Waals surface area contributed by atoms with Gasteiger partial charge < -0.3 is 9.47 Å². The van der Waals surface area contributed by atoms with Gasteiger partial charge in [0.1, 0.15) is 0 Å². The average molecular weight is 322 g/mol. The van der Waals surface area contributed by atoms with Gasteiger partial charge in [-0.2, -0.15) is 0 Å². The van der Waals surface area contributed by atoms with Crippen LogP contribution in [0.25, 0.3) is 10.8 Å². The molecule has 0 N–H and O–H groups in total. The van der Waals surface area contributed by atoms with E-state index in [9.17, 15) is 0 Å². The first kappa shape index (κ1) is 14.2. The van der Waals surface area contributed by atoms with Crippen LogP contribution in [0.5, 0.6) is 0 Å². The smallest absolute Gasteiger partial charge is 0.176 e. The van der Waals surface area contributed by atoms with Crippen molar-refractivity contribution in [2.24, 2.45) is 4.99 Å². The number of fused-ring (bicyclic) bond motifs is 1. The number of halogens is 1. The van der Waals surface area contributed by atoms with Crippen LogP contribution in [-0.4, -0.2) is 33.3 Å². The molecule has 0 aromatic heterocycles. The van der Waals surface area contributed by atoms with Gasteiger partial charge in [0.2, 0.25) is 0 Å². The molecule has 2 aromatic rings. The standard InChI is InChI=1S/C15H16BrNO2/c1-18-15(19-2)10-17-9-11-7-8-14(16)13-6-4-3-5-12(11)13/h3-9,15H,10H2,1-2H3. The molecular formula is C15H16BrNO2. The molecule has 4 heteroatoms. The van der Waals surface area contributed by atoms with Crippen LogP contribution in [0, 0.1) is 0 Å². The first-order chi connectivity index (χ1) is 9.26. The lowest BCUT2D eigenvalue weighted by atomic mass is 10.1. The highest BCUT2D eigenvalue weighted by Crippen LogP contribution is 2.25. The molecule has 0 amide bonds. The Bertz CT molecular complexity index is 579. The van der Waals surface area contributed by atoms with Crippen LogP contribution in [0.4, 0.5) is 0 Å². The van der Waals surface area contributed by atoms with Crippen LogP contribution < -0.4 is 0 Å². The molecule has 0 spiro atoms. The van der Waals surface area contributed by atoms with Crippen molar-refractivity contribution in [2.45, 2.75) is 6.29 Å². The topological polar surface area (TPSA) is 30.8 Å². The Morgan fingerprint density at radius 3 is 2.47 bits per heavy atom. The van der Waals surface area contributed by atoms with Crippen LogP contribution in [0.2, 0.25) is 0 Å². The van der Waals surface area contributed by atoms with Crippen LogP contribution in [0.3, 0.4) is 0 Å². The van der Waals surface area contributed by atoms with Crippen LogP contribution >= 0.6 is 15.9 Å². The van der Waals surface area contributed by atoms with Gasteiger partial charge in [0.25, 0.3) is 0 Å². The van der Waals surface area contributed by atoms with E-state index in [1.807, 2.05) is 30.5 Å². The van der Waals surface area contributed by atoms with E-state index in [2.05, 4.69) is 33.1 Å². The van der Waals surface area contributed by atoms with Gasteiger partial charge in [-0.3, -0.25) is 4.99 Å². The Morgan fingerprint density at radius 1 is 1.11 bits per heavy atom. The number of hydrogen-bond donors (Lipinski definition) is 0. The van der Waals surface area contributed by atoms with Crippen molar-refractivity contribution in [3.05, 3.63) is 46.4 Å². The van der Waals surface area contributed by atoms with Crippen molar-refractivity contribution >= 4 is 32.9 Å².